The Morgan fingerprint density at radius 1 is 1.33 bits per heavy atom. The van der Waals surface area contributed by atoms with Crippen LogP contribution >= 0.6 is 24.0 Å². The van der Waals surface area contributed by atoms with E-state index in [9.17, 15) is 19.7 Å². The maximum absolute atomic E-state index is 12.6. The van der Waals surface area contributed by atoms with E-state index in [1.165, 1.54) is 36.5 Å². The number of hydrogen-bond donors (Lipinski definition) is 1. The van der Waals surface area contributed by atoms with Crippen molar-refractivity contribution in [2.45, 2.75) is 12.8 Å². The van der Waals surface area contributed by atoms with Gasteiger partial charge in [-0.1, -0.05) is 30.0 Å². The number of nitrogens with zero attached hydrogens (tertiary/aromatic N) is 2. The van der Waals surface area contributed by atoms with E-state index in [1.807, 2.05) is 0 Å². The maximum Gasteiger partial charge on any atom is 0.433 e. The van der Waals surface area contributed by atoms with E-state index in [0.717, 1.165) is 11.8 Å². The smallest absolute Gasteiger partial charge is 0.433 e. The SMILES string of the molecule is COc1cc(/C=C2/SC(=S)N(CCCC(=O)O)C2=O)ccc1O/C=C/c1ccc([N+](=O)[O-])o1. The molecule has 10 nitrogen and oxygen atoms in total. The molecule has 1 aliphatic heterocycles. The molecular formula is C21H18N2O8S2. The van der Waals surface area contributed by atoms with Crippen LogP contribution in [0, 0.1) is 10.1 Å². The summed E-state index contributed by atoms with van der Waals surface area (Å²) in [5, 5.41) is 19.4. The first-order valence-electron chi connectivity index (χ1n) is 9.51. The first kappa shape index (κ1) is 24.0. The summed E-state index contributed by atoms with van der Waals surface area (Å²) in [7, 11) is 1.47. The number of amides is 1. The number of carboxylic acids is 1. The standard InChI is InChI=1S/C21H18N2O8S2/c1-29-16-11-13(12-17-20(26)22(21(32)33-17)9-2-3-19(24)25)4-6-15(16)30-10-8-14-5-7-18(31-14)23(27)28/h4-8,10-12H,2-3,9H2,1H3,(H,24,25)/b10-8+,17-12+. The molecule has 3 rings (SSSR count). The molecule has 2 heterocycles. The summed E-state index contributed by atoms with van der Waals surface area (Å²) in [4.78, 5) is 35.1. The number of carboxylic acid groups (broad SMARTS) is 1. The molecule has 0 radical (unpaired) electrons. The number of thiocarbonyl (C=S) groups is 1. The van der Waals surface area contributed by atoms with Crippen molar-refractivity contribution in [3.05, 3.63) is 62.9 Å². The van der Waals surface area contributed by atoms with Crippen molar-refractivity contribution in [3.8, 4) is 11.5 Å². The molecule has 1 aliphatic rings. The number of carbonyl (C=O) groups is 2. The molecule has 1 aromatic heterocycles. The maximum atomic E-state index is 12.6. The molecule has 1 N–H and O–H groups in total. The predicted octanol–water partition coefficient (Wildman–Crippen LogP) is 4.31. The number of aliphatic carboxylic acids is 1. The minimum atomic E-state index is -0.925. The van der Waals surface area contributed by atoms with Gasteiger partial charge >= 0.3 is 11.9 Å². The minimum absolute atomic E-state index is 0.0416. The van der Waals surface area contributed by atoms with Crippen molar-refractivity contribution in [2.24, 2.45) is 0 Å². The molecule has 0 bridgehead atoms. The number of hydrogen-bond acceptors (Lipinski definition) is 9. The van der Waals surface area contributed by atoms with E-state index in [4.69, 9.17) is 31.2 Å². The lowest BCUT2D eigenvalue weighted by molar-refractivity contribution is -0.402. The quantitative estimate of drug-likeness (QED) is 0.169. The molecule has 0 aliphatic carbocycles. The van der Waals surface area contributed by atoms with Crippen molar-refractivity contribution >= 4 is 58.2 Å². The van der Waals surface area contributed by atoms with Crippen LogP contribution in [0.25, 0.3) is 12.2 Å². The lowest BCUT2D eigenvalue weighted by Crippen LogP contribution is -2.29. The number of benzene rings is 1. The fourth-order valence-electron chi connectivity index (χ4n) is 2.81. The highest BCUT2D eigenvalue weighted by molar-refractivity contribution is 8.26. The van der Waals surface area contributed by atoms with Gasteiger partial charge in [0.15, 0.2) is 11.5 Å². The zero-order valence-corrected chi connectivity index (χ0v) is 18.9. The molecule has 172 valence electrons. The van der Waals surface area contributed by atoms with E-state index in [-0.39, 0.29) is 30.5 Å². The molecule has 0 spiro atoms. The lowest BCUT2D eigenvalue weighted by atomic mass is 10.2. The van der Waals surface area contributed by atoms with E-state index in [0.29, 0.717) is 32.7 Å². The van der Waals surface area contributed by atoms with Crippen molar-refractivity contribution < 1.29 is 33.5 Å². The van der Waals surface area contributed by atoms with Crippen LogP contribution in [-0.2, 0) is 9.59 Å². The third kappa shape index (κ3) is 6.20. The fourth-order valence-corrected chi connectivity index (χ4v) is 4.12. The second kappa shape index (κ2) is 10.8. The highest BCUT2D eigenvalue weighted by Crippen LogP contribution is 2.35. The van der Waals surface area contributed by atoms with Gasteiger partial charge in [-0.15, -0.1) is 0 Å². The number of thioether (sulfide) groups is 1. The second-order valence-corrected chi connectivity index (χ2v) is 8.27. The molecule has 1 fully saturated rings. The third-order valence-corrected chi connectivity index (χ3v) is 5.73. The lowest BCUT2D eigenvalue weighted by Gasteiger charge is -2.13. The van der Waals surface area contributed by atoms with Gasteiger partial charge in [0.05, 0.1) is 24.3 Å². The average Bonchev–Trinajstić information content (AvgIpc) is 3.35. The van der Waals surface area contributed by atoms with Gasteiger partial charge in [0.25, 0.3) is 5.91 Å². The zero-order valence-electron chi connectivity index (χ0n) is 17.3. The molecule has 1 amide bonds. The van der Waals surface area contributed by atoms with E-state index >= 15 is 0 Å². The van der Waals surface area contributed by atoms with Crippen LogP contribution < -0.4 is 9.47 Å². The molecule has 33 heavy (non-hydrogen) atoms. The second-order valence-electron chi connectivity index (χ2n) is 6.59. The van der Waals surface area contributed by atoms with E-state index in [1.54, 1.807) is 24.3 Å². The molecule has 1 aromatic carbocycles. The van der Waals surface area contributed by atoms with Crippen molar-refractivity contribution in [2.75, 3.05) is 13.7 Å². The van der Waals surface area contributed by atoms with Gasteiger partial charge in [-0.05, 0) is 36.3 Å². The Balaban J connectivity index is 1.68. The largest absolute Gasteiger partial charge is 0.493 e. The third-order valence-electron chi connectivity index (χ3n) is 4.35. The number of carbonyl (C=O) groups excluding carboxylic acids is 1. The van der Waals surface area contributed by atoms with Gasteiger partial charge in [0.1, 0.15) is 15.0 Å². The number of ether oxygens (including phenoxy) is 2. The molecule has 2 aromatic rings. The first-order valence-corrected chi connectivity index (χ1v) is 10.7. The summed E-state index contributed by atoms with van der Waals surface area (Å²) in [5.74, 6) is -0.536. The molecule has 12 heteroatoms. The predicted molar refractivity (Wildman–Crippen MR) is 125 cm³/mol. The molecule has 0 atom stereocenters. The van der Waals surface area contributed by atoms with Gasteiger partial charge in [-0.3, -0.25) is 24.6 Å². The molecule has 1 saturated heterocycles. The van der Waals surface area contributed by atoms with Gasteiger partial charge in [0, 0.05) is 19.0 Å². The number of furan rings is 1. The summed E-state index contributed by atoms with van der Waals surface area (Å²) in [5.41, 5.74) is 0.677. The van der Waals surface area contributed by atoms with E-state index < -0.39 is 10.9 Å². The number of methoxy groups -OCH3 is 1. The average molecular weight is 491 g/mol. The highest BCUT2D eigenvalue weighted by atomic mass is 32.2. The Bertz CT molecular complexity index is 1150. The topological polar surface area (TPSA) is 132 Å². The Kier molecular flexibility index (Phi) is 7.85. The van der Waals surface area contributed by atoms with Crippen LogP contribution in [0.5, 0.6) is 11.5 Å². The summed E-state index contributed by atoms with van der Waals surface area (Å²) in [6.07, 6.45) is 4.67. The summed E-state index contributed by atoms with van der Waals surface area (Å²) in [6, 6.07) is 7.73. The Labute approximate surface area is 197 Å². The normalized spacial score (nSPS) is 14.9. The summed E-state index contributed by atoms with van der Waals surface area (Å²) in [6.45, 7) is 0.246. The Morgan fingerprint density at radius 2 is 2.12 bits per heavy atom. The van der Waals surface area contributed by atoms with Gasteiger partial charge in [-0.2, -0.15) is 0 Å². The number of nitro groups is 1. The van der Waals surface area contributed by atoms with Crippen molar-refractivity contribution in [1.82, 2.24) is 4.90 Å². The fraction of sp³-hybridized carbons (Fsp3) is 0.190. The zero-order chi connectivity index (χ0) is 24.0. The van der Waals surface area contributed by atoms with Crippen LogP contribution in [0.2, 0.25) is 0 Å². The van der Waals surface area contributed by atoms with Crippen LogP contribution in [-0.4, -0.2) is 44.8 Å². The minimum Gasteiger partial charge on any atom is -0.493 e. The van der Waals surface area contributed by atoms with Gasteiger partial charge in [-0.25, -0.2) is 0 Å². The Hall–Kier alpha value is -3.64. The monoisotopic (exact) mass is 490 g/mol. The van der Waals surface area contributed by atoms with Crippen LogP contribution in [0.4, 0.5) is 5.88 Å². The Morgan fingerprint density at radius 3 is 2.79 bits per heavy atom. The molecular weight excluding hydrogens is 472 g/mol. The van der Waals surface area contributed by atoms with Gasteiger partial charge in [0.2, 0.25) is 0 Å². The number of rotatable bonds is 10. The first-order chi connectivity index (χ1) is 15.8. The summed E-state index contributed by atoms with van der Waals surface area (Å²) >= 11 is 6.39. The van der Waals surface area contributed by atoms with Crippen LogP contribution in [0.3, 0.4) is 0 Å². The molecule has 0 unspecified atom stereocenters. The van der Waals surface area contributed by atoms with Crippen molar-refractivity contribution in [1.29, 1.82) is 0 Å². The summed E-state index contributed by atoms with van der Waals surface area (Å²) < 4.78 is 16.3. The van der Waals surface area contributed by atoms with Crippen molar-refractivity contribution in [3.63, 3.8) is 0 Å². The molecule has 0 saturated carbocycles. The van der Waals surface area contributed by atoms with Crippen LogP contribution in [0.1, 0.15) is 24.2 Å². The van der Waals surface area contributed by atoms with Gasteiger partial charge < -0.3 is 19.0 Å². The highest BCUT2D eigenvalue weighted by Gasteiger charge is 2.31. The van der Waals surface area contributed by atoms with Crippen LogP contribution in [0.15, 0.2) is 45.9 Å². The van der Waals surface area contributed by atoms with E-state index in [2.05, 4.69) is 0 Å².